The summed E-state index contributed by atoms with van der Waals surface area (Å²) >= 11 is 0. The van der Waals surface area contributed by atoms with E-state index < -0.39 is 17.5 Å². The van der Waals surface area contributed by atoms with Gasteiger partial charge in [0, 0.05) is 31.8 Å². The number of hydrogen-bond acceptors (Lipinski definition) is 6. The second-order valence-electron chi connectivity index (χ2n) is 6.13. The molecule has 2 aromatic carbocycles. The van der Waals surface area contributed by atoms with Crippen LogP contribution in [0.5, 0.6) is 0 Å². The Morgan fingerprint density at radius 3 is 2.46 bits per heavy atom. The Labute approximate surface area is 162 Å². The summed E-state index contributed by atoms with van der Waals surface area (Å²) in [6.45, 7) is 2.20. The quantitative estimate of drug-likeness (QED) is 0.373. The largest absolute Gasteiger partial charge is 0.452 e. The molecule has 148 valence electrons. The summed E-state index contributed by atoms with van der Waals surface area (Å²) in [5, 5.41) is 10.9. The number of ether oxygens (including phenoxy) is 2. The lowest BCUT2D eigenvalue weighted by atomic mass is 10.1. The van der Waals surface area contributed by atoms with Gasteiger partial charge in [-0.2, -0.15) is 0 Å². The van der Waals surface area contributed by atoms with Crippen molar-refractivity contribution in [2.24, 2.45) is 0 Å². The molecule has 0 radical (unpaired) electrons. The summed E-state index contributed by atoms with van der Waals surface area (Å²) < 4.78 is 10.1. The van der Waals surface area contributed by atoms with Crippen molar-refractivity contribution in [3.05, 3.63) is 75.3 Å². The molecule has 0 aliphatic carbocycles. The van der Waals surface area contributed by atoms with Crippen molar-refractivity contribution < 1.29 is 24.0 Å². The lowest BCUT2D eigenvalue weighted by Gasteiger charge is -2.22. The van der Waals surface area contributed by atoms with Crippen molar-refractivity contribution >= 4 is 17.6 Å². The molecule has 28 heavy (non-hydrogen) atoms. The standard InChI is InChI=1S/C20H22N2O6/c1-15-12-17(8-9-18(15)22(25)26)20(24)28-14-19(23)21(10-11-27-2)13-16-6-4-3-5-7-16/h3-9,12H,10-11,13-14H2,1-2H3. The van der Waals surface area contributed by atoms with Crippen molar-refractivity contribution in [3.8, 4) is 0 Å². The number of benzene rings is 2. The van der Waals surface area contributed by atoms with Gasteiger partial charge in [-0.3, -0.25) is 14.9 Å². The Balaban J connectivity index is 1.99. The van der Waals surface area contributed by atoms with Crippen LogP contribution in [0.4, 0.5) is 5.69 Å². The van der Waals surface area contributed by atoms with E-state index in [1.165, 1.54) is 25.1 Å². The molecule has 0 saturated carbocycles. The van der Waals surface area contributed by atoms with E-state index in [1.807, 2.05) is 30.3 Å². The number of hydrogen-bond donors (Lipinski definition) is 0. The normalized spacial score (nSPS) is 10.4. The fourth-order valence-electron chi connectivity index (χ4n) is 2.59. The SMILES string of the molecule is COCCN(Cc1ccccc1)C(=O)COC(=O)c1ccc([N+](=O)[O-])c(C)c1. The smallest absolute Gasteiger partial charge is 0.338 e. The summed E-state index contributed by atoms with van der Waals surface area (Å²) in [6.07, 6.45) is 0. The van der Waals surface area contributed by atoms with Crippen LogP contribution in [0.25, 0.3) is 0 Å². The number of amides is 1. The van der Waals surface area contributed by atoms with Gasteiger partial charge >= 0.3 is 5.97 Å². The first-order valence-corrected chi connectivity index (χ1v) is 8.65. The van der Waals surface area contributed by atoms with E-state index in [1.54, 1.807) is 12.0 Å². The highest BCUT2D eigenvalue weighted by Crippen LogP contribution is 2.19. The number of methoxy groups -OCH3 is 1. The maximum atomic E-state index is 12.5. The van der Waals surface area contributed by atoms with Crippen LogP contribution >= 0.6 is 0 Å². The van der Waals surface area contributed by atoms with Gasteiger partial charge < -0.3 is 14.4 Å². The van der Waals surface area contributed by atoms with Gasteiger partial charge in [0.05, 0.1) is 17.1 Å². The molecule has 8 heteroatoms. The minimum absolute atomic E-state index is 0.0822. The van der Waals surface area contributed by atoms with Gasteiger partial charge in [-0.25, -0.2) is 4.79 Å². The molecule has 0 saturated heterocycles. The molecule has 0 aromatic heterocycles. The van der Waals surface area contributed by atoms with Gasteiger partial charge in [-0.1, -0.05) is 30.3 Å². The van der Waals surface area contributed by atoms with Gasteiger partial charge in [0.25, 0.3) is 11.6 Å². The molecule has 0 N–H and O–H groups in total. The van der Waals surface area contributed by atoms with Crippen LogP contribution in [-0.2, 0) is 20.8 Å². The number of carbonyl (C=O) groups is 2. The number of carbonyl (C=O) groups excluding carboxylic acids is 2. The Kier molecular flexibility index (Phi) is 7.65. The van der Waals surface area contributed by atoms with E-state index in [0.29, 0.717) is 25.3 Å². The predicted molar refractivity (Wildman–Crippen MR) is 102 cm³/mol. The molecule has 2 rings (SSSR count). The molecule has 0 unspecified atom stereocenters. The van der Waals surface area contributed by atoms with Gasteiger partial charge in [0.1, 0.15) is 0 Å². The van der Waals surface area contributed by atoms with E-state index in [4.69, 9.17) is 9.47 Å². The van der Waals surface area contributed by atoms with Crippen LogP contribution in [0.15, 0.2) is 48.5 Å². The van der Waals surface area contributed by atoms with Crippen LogP contribution < -0.4 is 0 Å². The molecular weight excluding hydrogens is 364 g/mol. The second-order valence-corrected chi connectivity index (χ2v) is 6.13. The summed E-state index contributed by atoms with van der Waals surface area (Å²) in [4.78, 5) is 36.6. The van der Waals surface area contributed by atoms with Crippen molar-refractivity contribution in [2.45, 2.75) is 13.5 Å². The number of nitro groups is 1. The number of rotatable bonds is 9. The highest BCUT2D eigenvalue weighted by atomic mass is 16.6. The Morgan fingerprint density at radius 1 is 1.14 bits per heavy atom. The third-order valence-electron chi connectivity index (χ3n) is 4.09. The Bertz CT molecular complexity index is 838. The zero-order valence-electron chi connectivity index (χ0n) is 15.8. The van der Waals surface area contributed by atoms with Gasteiger partial charge in [0.2, 0.25) is 0 Å². The fourth-order valence-corrected chi connectivity index (χ4v) is 2.59. The molecule has 0 aliphatic heterocycles. The highest BCUT2D eigenvalue weighted by molar-refractivity contribution is 5.91. The molecule has 0 bridgehead atoms. The van der Waals surface area contributed by atoms with Crippen molar-refractivity contribution in [3.63, 3.8) is 0 Å². The summed E-state index contributed by atoms with van der Waals surface area (Å²) in [5.74, 6) is -1.06. The first kappa shape index (κ1) is 21.0. The zero-order chi connectivity index (χ0) is 20.5. The minimum atomic E-state index is -0.710. The second kappa shape index (κ2) is 10.2. The van der Waals surface area contributed by atoms with Crippen LogP contribution in [-0.4, -0.2) is 48.6 Å². The third kappa shape index (κ3) is 5.88. The predicted octanol–water partition coefficient (Wildman–Crippen LogP) is 2.74. The maximum Gasteiger partial charge on any atom is 0.338 e. The molecule has 0 spiro atoms. The molecule has 1 amide bonds. The van der Waals surface area contributed by atoms with Gasteiger partial charge in [0.15, 0.2) is 6.61 Å². The molecule has 2 aromatic rings. The van der Waals surface area contributed by atoms with E-state index in [0.717, 1.165) is 5.56 Å². The number of nitro benzene ring substituents is 1. The van der Waals surface area contributed by atoms with Crippen LogP contribution in [0.2, 0.25) is 0 Å². The number of esters is 1. The molecule has 0 atom stereocenters. The first-order valence-electron chi connectivity index (χ1n) is 8.65. The maximum absolute atomic E-state index is 12.5. The lowest BCUT2D eigenvalue weighted by Crippen LogP contribution is -2.36. The fraction of sp³-hybridized carbons (Fsp3) is 0.300. The molecule has 8 nitrogen and oxygen atoms in total. The third-order valence-corrected chi connectivity index (χ3v) is 4.09. The topological polar surface area (TPSA) is 99.0 Å². The van der Waals surface area contributed by atoms with Gasteiger partial charge in [-0.05, 0) is 24.6 Å². The van der Waals surface area contributed by atoms with E-state index in [-0.39, 0.29) is 17.2 Å². The van der Waals surface area contributed by atoms with Crippen molar-refractivity contribution in [2.75, 3.05) is 26.9 Å². The highest BCUT2D eigenvalue weighted by Gasteiger charge is 2.18. The van der Waals surface area contributed by atoms with E-state index in [2.05, 4.69) is 0 Å². The van der Waals surface area contributed by atoms with Gasteiger partial charge in [-0.15, -0.1) is 0 Å². The molecule has 0 fully saturated rings. The van der Waals surface area contributed by atoms with Crippen molar-refractivity contribution in [1.29, 1.82) is 0 Å². The molecule has 0 heterocycles. The summed E-state index contributed by atoms with van der Waals surface area (Å²) in [7, 11) is 1.54. The molecular formula is C20H22N2O6. The monoisotopic (exact) mass is 386 g/mol. The van der Waals surface area contributed by atoms with E-state index >= 15 is 0 Å². The minimum Gasteiger partial charge on any atom is -0.452 e. The average molecular weight is 386 g/mol. The Morgan fingerprint density at radius 2 is 1.86 bits per heavy atom. The van der Waals surface area contributed by atoms with Crippen molar-refractivity contribution in [1.82, 2.24) is 4.90 Å². The van der Waals surface area contributed by atoms with Crippen LogP contribution in [0.3, 0.4) is 0 Å². The first-order chi connectivity index (χ1) is 13.4. The average Bonchev–Trinajstić information content (AvgIpc) is 2.69. The summed E-state index contributed by atoms with van der Waals surface area (Å²) in [5.41, 5.74) is 1.37. The molecule has 0 aliphatic rings. The number of aryl methyl sites for hydroxylation is 1. The van der Waals surface area contributed by atoms with E-state index in [9.17, 15) is 19.7 Å². The lowest BCUT2D eigenvalue weighted by molar-refractivity contribution is -0.385. The van der Waals surface area contributed by atoms with Crippen LogP contribution in [0, 0.1) is 17.0 Å². The zero-order valence-corrected chi connectivity index (χ0v) is 15.8. The summed E-state index contributed by atoms with van der Waals surface area (Å²) in [6, 6.07) is 13.4. The Hall–Kier alpha value is -3.26. The number of nitrogens with zero attached hydrogens (tertiary/aromatic N) is 2. The van der Waals surface area contributed by atoms with Crippen LogP contribution in [0.1, 0.15) is 21.5 Å².